The first-order valence-electron chi connectivity index (χ1n) is 5.80. The molecule has 4 heteroatoms. The molecule has 0 saturated carbocycles. The Kier molecular flexibility index (Phi) is 3.79. The fourth-order valence-corrected chi connectivity index (χ4v) is 1.89. The summed E-state index contributed by atoms with van der Waals surface area (Å²) in [6.07, 6.45) is 1.81. The summed E-state index contributed by atoms with van der Waals surface area (Å²) in [5, 5.41) is 0. The molecule has 0 amide bonds. The molecule has 0 aliphatic carbocycles. The maximum atomic E-state index is 11.6. The molecule has 4 nitrogen and oxygen atoms in total. The van der Waals surface area contributed by atoms with Gasteiger partial charge in [-0.2, -0.15) is 0 Å². The van der Waals surface area contributed by atoms with Gasteiger partial charge in [0.05, 0.1) is 7.11 Å². The lowest BCUT2D eigenvalue weighted by Crippen LogP contribution is -2.22. The Balaban J connectivity index is 2.50. The third kappa shape index (κ3) is 2.43. The van der Waals surface area contributed by atoms with E-state index in [0.29, 0.717) is 13.1 Å². The van der Waals surface area contributed by atoms with Crippen LogP contribution in [0.2, 0.25) is 0 Å². The number of nitrogens with two attached hydrogens (primary N) is 1. The molecule has 0 radical (unpaired) electrons. The van der Waals surface area contributed by atoms with Gasteiger partial charge in [0.2, 0.25) is 0 Å². The smallest absolute Gasteiger partial charge is 0.250 e. The standard InChI is InChI=1S/C14H16N2O2/c1-18-13-5-3-2-4-12(13)11-6-7-14(17)16(10-11)9-8-15/h2-7,10H,8-9,15H2,1H3. The van der Waals surface area contributed by atoms with Crippen LogP contribution in [-0.4, -0.2) is 18.2 Å². The molecule has 0 fully saturated rings. The highest BCUT2D eigenvalue weighted by Crippen LogP contribution is 2.28. The Morgan fingerprint density at radius 1 is 1.22 bits per heavy atom. The van der Waals surface area contributed by atoms with Crippen molar-refractivity contribution in [2.24, 2.45) is 5.73 Å². The number of hydrogen-bond acceptors (Lipinski definition) is 3. The zero-order valence-corrected chi connectivity index (χ0v) is 10.3. The first-order valence-corrected chi connectivity index (χ1v) is 5.80. The van der Waals surface area contributed by atoms with Gasteiger partial charge >= 0.3 is 0 Å². The summed E-state index contributed by atoms with van der Waals surface area (Å²) < 4.78 is 6.93. The maximum Gasteiger partial charge on any atom is 0.250 e. The normalized spacial score (nSPS) is 10.3. The van der Waals surface area contributed by atoms with Crippen molar-refractivity contribution in [2.75, 3.05) is 13.7 Å². The van der Waals surface area contributed by atoms with Crippen molar-refractivity contribution in [3.8, 4) is 16.9 Å². The van der Waals surface area contributed by atoms with E-state index in [2.05, 4.69) is 0 Å². The van der Waals surface area contributed by atoms with Gasteiger partial charge in [0.15, 0.2) is 0 Å². The van der Waals surface area contributed by atoms with Crippen LogP contribution in [0.15, 0.2) is 47.4 Å². The Morgan fingerprint density at radius 3 is 2.72 bits per heavy atom. The average Bonchev–Trinajstić information content (AvgIpc) is 2.41. The van der Waals surface area contributed by atoms with E-state index >= 15 is 0 Å². The molecule has 1 aromatic heterocycles. The molecule has 0 saturated heterocycles. The second kappa shape index (κ2) is 5.51. The summed E-state index contributed by atoms with van der Waals surface area (Å²) >= 11 is 0. The molecule has 2 aromatic rings. The molecule has 0 spiro atoms. The monoisotopic (exact) mass is 244 g/mol. The molecule has 18 heavy (non-hydrogen) atoms. The van der Waals surface area contributed by atoms with Crippen LogP contribution in [0.25, 0.3) is 11.1 Å². The van der Waals surface area contributed by atoms with E-state index in [1.54, 1.807) is 23.8 Å². The minimum Gasteiger partial charge on any atom is -0.496 e. The fourth-order valence-electron chi connectivity index (χ4n) is 1.89. The third-order valence-corrected chi connectivity index (χ3v) is 2.77. The van der Waals surface area contributed by atoms with Gasteiger partial charge in [0.25, 0.3) is 5.56 Å². The summed E-state index contributed by atoms with van der Waals surface area (Å²) in [6.45, 7) is 0.955. The minimum atomic E-state index is -0.0425. The average molecular weight is 244 g/mol. The summed E-state index contributed by atoms with van der Waals surface area (Å²) in [4.78, 5) is 11.6. The van der Waals surface area contributed by atoms with E-state index in [9.17, 15) is 4.79 Å². The number of hydrogen-bond donors (Lipinski definition) is 1. The Labute approximate surface area is 106 Å². The molecular formula is C14H16N2O2. The van der Waals surface area contributed by atoms with Crippen LogP contribution < -0.4 is 16.0 Å². The van der Waals surface area contributed by atoms with Crippen molar-refractivity contribution in [3.05, 3.63) is 52.9 Å². The van der Waals surface area contributed by atoms with E-state index in [1.807, 2.05) is 30.5 Å². The van der Waals surface area contributed by atoms with Gasteiger partial charge in [-0.15, -0.1) is 0 Å². The maximum absolute atomic E-state index is 11.6. The second-order valence-electron chi connectivity index (χ2n) is 3.94. The van der Waals surface area contributed by atoms with Gasteiger partial charge in [-0.1, -0.05) is 18.2 Å². The van der Waals surface area contributed by atoms with Crippen LogP contribution in [0.4, 0.5) is 0 Å². The minimum absolute atomic E-state index is 0.0425. The largest absolute Gasteiger partial charge is 0.496 e. The number of rotatable bonds is 4. The van der Waals surface area contributed by atoms with Crippen LogP contribution in [0.1, 0.15) is 0 Å². The first-order chi connectivity index (χ1) is 8.76. The van der Waals surface area contributed by atoms with Crippen LogP contribution >= 0.6 is 0 Å². The number of para-hydroxylation sites is 1. The lowest BCUT2D eigenvalue weighted by Gasteiger charge is -2.10. The molecule has 0 aliphatic heterocycles. The Hall–Kier alpha value is -2.07. The second-order valence-corrected chi connectivity index (χ2v) is 3.94. The number of aromatic nitrogens is 1. The highest BCUT2D eigenvalue weighted by Gasteiger charge is 2.06. The number of nitrogens with zero attached hydrogens (tertiary/aromatic N) is 1. The van der Waals surface area contributed by atoms with Crippen molar-refractivity contribution in [2.45, 2.75) is 6.54 Å². The summed E-state index contributed by atoms with van der Waals surface area (Å²) in [7, 11) is 1.63. The van der Waals surface area contributed by atoms with Gasteiger partial charge in [-0.3, -0.25) is 4.79 Å². The zero-order valence-electron chi connectivity index (χ0n) is 10.3. The lowest BCUT2D eigenvalue weighted by atomic mass is 10.1. The van der Waals surface area contributed by atoms with E-state index < -0.39 is 0 Å². The fraction of sp³-hybridized carbons (Fsp3) is 0.214. The molecule has 2 rings (SSSR count). The van der Waals surface area contributed by atoms with Crippen molar-refractivity contribution in [1.82, 2.24) is 4.57 Å². The predicted molar refractivity (Wildman–Crippen MR) is 71.7 cm³/mol. The first kappa shape index (κ1) is 12.4. The molecule has 0 atom stereocenters. The number of pyridine rings is 1. The molecular weight excluding hydrogens is 228 g/mol. The molecule has 94 valence electrons. The summed E-state index contributed by atoms with van der Waals surface area (Å²) in [5.74, 6) is 0.787. The van der Waals surface area contributed by atoms with Gasteiger partial charge < -0.3 is 15.0 Å². The van der Waals surface area contributed by atoms with E-state index in [-0.39, 0.29) is 5.56 Å². The van der Waals surface area contributed by atoms with Gasteiger partial charge in [-0.25, -0.2) is 0 Å². The van der Waals surface area contributed by atoms with Crippen molar-refractivity contribution < 1.29 is 4.74 Å². The highest BCUT2D eigenvalue weighted by atomic mass is 16.5. The van der Waals surface area contributed by atoms with Gasteiger partial charge in [0, 0.05) is 36.5 Å². The Bertz CT molecular complexity index is 590. The zero-order chi connectivity index (χ0) is 13.0. The molecule has 2 N–H and O–H groups in total. The molecule has 0 unspecified atom stereocenters. The number of benzene rings is 1. The summed E-state index contributed by atoms with van der Waals surface area (Å²) in [6, 6.07) is 11.1. The van der Waals surface area contributed by atoms with Gasteiger partial charge in [0.1, 0.15) is 5.75 Å². The third-order valence-electron chi connectivity index (χ3n) is 2.77. The van der Waals surface area contributed by atoms with Crippen molar-refractivity contribution >= 4 is 0 Å². The lowest BCUT2D eigenvalue weighted by molar-refractivity contribution is 0.416. The van der Waals surface area contributed by atoms with Crippen LogP contribution in [0, 0.1) is 0 Å². The molecule has 1 heterocycles. The van der Waals surface area contributed by atoms with Crippen LogP contribution in [0.5, 0.6) is 5.75 Å². The summed E-state index contributed by atoms with van der Waals surface area (Å²) in [5.41, 5.74) is 7.36. The van der Waals surface area contributed by atoms with Gasteiger partial charge in [-0.05, 0) is 12.1 Å². The molecule has 0 aliphatic rings. The van der Waals surface area contributed by atoms with Crippen LogP contribution in [-0.2, 0) is 6.54 Å². The van der Waals surface area contributed by atoms with E-state index in [0.717, 1.165) is 16.9 Å². The van der Waals surface area contributed by atoms with Crippen molar-refractivity contribution in [3.63, 3.8) is 0 Å². The topological polar surface area (TPSA) is 57.2 Å². The highest BCUT2D eigenvalue weighted by molar-refractivity contribution is 5.69. The number of methoxy groups -OCH3 is 1. The predicted octanol–water partition coefficient (Wildman–Crippen LogP) is 1.48. The quantitative estimate of drug-likeness (QED) is 0.886. The molecule has 1 aromatic carbocycles. The van der Waals surface area contributed by atoms with Crippen molar-refractivity contribution in [1.29, 1.82) is 0 Å². The van der Waals surface area contributed by atoms with Crippen LogP contribution in [0.3, 0.4) is 0 Å². The van der Waals surface area contributed by atoms with E-state index in [4.69, 9.17) is 10.5 Å². The Morgan fingerprint density at radius 2 is 2.00 bits per heavy atom. The molecule has 0 bridgehead atoms. The van der Waals surface area contributed by atoms with E-state index in [1.165, 1.54) is 0 Å². The SMILES string of the molecule is COc1ccccc1-c1ccc(=O)n(CCN)c1. The number of ether oxygens (including phenoxy) is 1.